The van der Waals surface area contributed by atoms with E-state index in [1.54, 1.807) is 12.1 Å². The molecule has 1 fully saturated rings. The largest absolute Gasteiger partial charge is 0.378 e. The van der Waals surface area contributed by atoms with Gasteiger partial charge in [0.25, 0.3) is 6.43 Å². The summed E-state index contributed by atoms with van der Waals surface area (Å²) >= 11 is 0. The fraction of sp³-hybridized carbons (Fsp3) is 0.406. The van der Waals surface area contributed by atoms with Crippen LogP contribution >= 0.6 is 0 Å². The van der Waals surface area contributed by atoms with Gasteiger partial charge in [0.2, 0.25) is 5.91 Å². The van der Waals surface area contributed by atoms with E-state index >= 15 is 0 Å². The molecule has 0 saturated carbocycles. The lowest BCUT2D eigenvalue weighted by Gasteiger charge is -2.46. The minimum atomic E-state index is -2.55. The van der Waals surface area contributed by atoms with Crippen molar-refractivity contribution in [3.8, 4) is 0 Å². The maximum Gasteiger partial charge on any atom is 0.263 e. The summed E-state index contributed by atoms with van der Waals surface area (Å²) in [7, 11) is 0.500. The van der Waals surface area contributed by atoms with E-state index in [-0.39, 0.29) is 35.6 Å². The number of halogens is 3. The van der Waals surface area contributed by atoms with Crippen molar-refractivity contribution in [2.45, 2.75) is 50.4 Å². The predicted octanol–water partition coefficient (Wildman–Crippen LogP) is 6.63. The van der Waals surface area contributed by atoms with Crippen molar-refractivity contribution in [2.75, 3.05) is 32.1 Å². The second-order valence-electron chi connectivity index (χ2n) is 10.2. The van der Waals surface area contributed by atoms with Gasteiger partial charge in [-0.05, 0) is 49.1 Å². The Kier molecular flexibility index (Phi) is 10.6. The Morgan fingerprint density at radius 1 is 1.02 bits per heavy atom. The number of benzene rings is 3. The summed E-state index contributed by atoms with van der Waals surface area (Å²) in [4.78, 5) is 15.1. The maximum absolute atomic E-state index is 13.6. The highest BCUT2D eigenvalue weighted by Crippen LogP contribution is 2.51. The molecule has 1 amide bonds. The first-order chi connectivity index (χ1) is 19.5. The minimum absolute atomic E-state index is 0.00389. The van der Waals surface area contributed by atoms with Gasteiger partial charge < -0.3 is 20.7 Å². The Morgan fingerprint density at radius 3 is 2.40 bits per heavy atom. The van der Waals surface area contributed by atoms with E-state index in [4.69, 9.17) is 10.5 Å². The monoisotopic (exact) mass is 553 g/mol. The lowest BCUT2D eigenvalue weighted by Crippen LogP contribution is -2.45. The Hall–Kier alpha value is -3.36. The Morgan fingerprint density at radius 2 is 1.73 bits per heavy atom. The van der Waals surface area contributed by atoms with Gasteiger partial charge in [0.15, 0.2) is 0 Å². The molecule has 0 spiro atoms. The molecule has 3 aromatic carbocycles. The third-order valence-corrected chi connectivity index (χ3v) is 7.69. The molecule has 2 aliphatic rings. The Bertz CT molecular complexity index is 1210. The van der Waals surface area contributed by atoms with E-state index in [0.29, 0.717) is 39.7 Å². The molecule has 2 aliphatic heterocycles. The SMILES string of the molecule is CF.NCCCN(CC1CCC2C(O1)c1cc(C(F)F)ccc1N[C@H]2c1ccccc1)C(=O)Cc1ccccc1. The molecule has 3 unspecified atom stereocenters. The van der Waals surface area contributed by atoms with Crippen molar-refractivity contribution in [1.29, 1.82) is 0 Å². The highest BCUT2D eigenvalue weighted by atomic mass is 19.3. The number of fused-ring (bicyclic) bond motifs is 3. The van der Waals surface area contributed by atoms with Crippen molar-refractivity contribution in [2.24, 2.45) is 11.7 Å². The lowest BCUT2D eigenvalue weighted by atomic mass is 9.76. The highest BCUT2D eigenvalue weighted by Gasteiger charge is 2.43. The van der Waals surface area contributed by atoms with Crippen molar-refractivity contribution in [3.63, 3.8) is 0 Å². The number of hydrogen-bond acceptors (Lipinski definition) is 4. The summed E-state index contributed by atoms with van der Waals surface area (Å²) in [5, 5.41) is 3.60. The summed E-state index contributed by atoms with van der Waals surface area (Å²) in [6.07, 6.45) is -0.399. The van der Waals surface area contributed by atoms with Crippen LogP contribution in [0.25, 0.3) is 0 Å². The van der Waals surface area contributed by atoms with Crippen LogP contribution in [-0.4, -0.2) is 43.7 Å². The van der Waals surface area contributed by atoms with Gasteiger partial charge in [0.05, 0.1) is 31.8 Å². The van der Waals surface area contributed by atoms with Crippen LogP contribution in [0.1, 0.15) is 60.1 Å². The van der Waals surface area contributed by atoms with Gasteiger partial charge in [0, 0.05) is 35.8 Å². The maximum atomic E-state index is 13.6. The summed E-state index contributed by atoms with van der Waals surface area (Å²) < 4.78 is 43.4. The number of amides is 1. The average molecular weight is 554 g/mol. The van der Waals surface area contributed by atoms with E-state index < -0.39 is 6.43 Å². The molecule has 40 heavy (non-hydrogen) atoms. The fourth-order valence-corrected chi connectivity index (χ4v) is 5.76. The molecule has 5 rings (SSSR count). The summed E-state index contributed by atoms with van der Waals surface area (Å²) in [6.45, 7) is 1.53. The van der Waals surface area contributed by atoms with E-state index in [1.165, 1.54) is 6.07 Å². The second kappa shape index (κ2) is 14.3. The lowest BCUT2D eigenvalue weighted by molar-refractivity contribution is -0.138. The van der Waals surface area contributed by atoms with E-state index in [0.717, 1.165) is 35.2 Å². The molecule has 8 heteroatoms. The molecule has 0 aliphatic carbocycles. The zero-order valence-electron chi connectivity index (χ0n) is 22.8. The molecule has 5 nitrogen and oxygen atoms in total. The fourth-order valence-electron chi connectivity index (χ4n) is 5.76. The first kappa shape index (κ1) is 29.6. The number of nitrogens with one attached hydrogen (secondary N) is 1. The quantitative estimate of drug-likeness (QED) is 0.312. The van der Waals surface area contributed by atoms with E-state index in [1.807, 2.05) is 53.4 Å². The third kappa shape index (κ3) is 7.04. The Labute approximate surface area is 234 Å². The van der Waals surface area contributed by atoms with Crippen LogP contribution in [0, 0.1) is 5.92 Å². The third-order valence-electron chi connectivity index (χ3n) is 7.69. The second-order valence-corrected chi connectivity index (χ2v) is 10.2. The van der Waals surface area contributed by atoms with Crippen LogP contribution in [0.3, 0.4) is 0 Å². The van der Waals surface area contributed by atoms with Crippen LogP contribution < -0.4 is 11.1 Å². The predicted molar refractivity (Wildman–Crippen MR) is 152 cm³/mol. The number of anilines is 1. The standard InChI is InChI=1S/C31H35F2N3O2.CH3F/c32-31(33)23-12-15-27-26(19-23)30-25(29(35-27)22-10-5-2-6-11-22)14-13-24(38-30)20-36(17-7-16-34)28(37)18-21-8-3-1-4-9-21;1-2/h1-6,8-12,15,19,24-25,29-31,35H,7,13-14,16-18,20,34H2;1H3/t24?,25?,29-,30?;/m0./s1. The van der Waals surface area contributed by atoms with Gasteiger partial charge in [-0.2, -0.15) is 0 Å². The van der Waals surface area contributed by atoms with Crippen LogP contribution in [0.4, 0.5) is 18.9 Å². The molecule has 214 valence electrons. The normalized spacial score (nSPS) is 21.4. The molecule has 0 radical (unpaired) electrons. The van der Waals surface area contributed by atoms with E-state index in [2.05, 4.69) is 17.4 Å². The van der Waals surface area contributed by atoms with Crippen molar-refractivity contribution >= 4 is 11.6 Å². The molecule has 3 N–H and O–H groups in total. The first-order valence-electron chi connectivity index (χ1n) is 13.8. The molecule has 0 bridgehead atoms. The molecule has 0 aromatic heterocycles. The van der Waals surface area contributed by atoms with Crippen LogP contribution in [-0.2, 0) is 16.0 Å². The zero-order valence-corrected chi connectivity index (χ0v) is 22.8. The number of alkyl halides is 3. The molecule has 1 saturated heterocycles. The molecule has 2 heterocycles. The first-order valence-corrected chi connectivity index (χ1v) is 13.8. The topological polar surface area (TPSA) is 67.6 Å². The summed E-state index contributed by atoms with van der Waals surface area (Å²) in [5.74, 6) is 0.134. The molecule has 3 aromatic rings. The van der Waals surface area contributed by atoms with Crippen LogP contribution in [0.15, 0.2) is 78.9 Å². The smallest absolute Gasteiger partial charge is 0.263 e. The van der Waals surface area contributed by atoms with Crippen molar-refractivity contribution in [3.05, 3.63) is 101 Å². The van der Waals surface area contributed by atoms with Crippen LogP contribution in [0.5, 0.6) is 0 Å². The van der Waals surface area contributed by atoms with Crippen molar-refractivity contribution in [1.82, 2.24) is 4.90 Å². The van der Waals surface area contributed by atoms with Gasteiger partial charge in [-0.1, -0.05) is 66.7 Å². The molecular formula is C32H38F3N3O2. The summed E-state index contributed by atoms with van der Waals surface area (Å²) in [6, 6.07) is 24.7. The van der Waals surface area contributed by atoms with Gasteiger partial charge in [-0.3, -0.25) is 9.18 Å². The molecule has 4 atom stereocenters. The molecular weight excluding hydrogens is 515 g/mol. The number of nitrogens with two attached hydrogens (primary N) is 1. The van der Waals surface area contributed by atoms with E-state index in [9.17, 15) is 18.0 Å². The Balaban J connectivity index is 0.00000181. The van der Waals surface area contributed by atoms with Crippen LogP contribution in [0.2, 0.25) is 0 Å². The summed E-state index contributed by atoms with van der Waals surface area (Å²) in [5.41, 5.74) is 9.49. The van der Waals surface area contributed by atoms with Gasteiger partial charge in [0.1, 0.15) is 0 Å². The number of ether oxygens (including phenoxy) is 1. The van der Waals surface area contributed by atoms with Gasteiger partial charge in [-0.25, -0.2) is 8.78 Å². The number of hydrogen-bond donors (Lipinski definition) is 2. The van der Waals surface area contributed by atoms with Crippen molar-refractivity contribution < 1.29 is 22.7 Å². The number of carbonyl (C=O) groups is 1. The minimum Gasteiger partial charge on any atom is -0.378 e. The highest BCUT2D eigenvalue weighted by molar-refractivity contribution is 5.78. The van der Waals surface area contributed by atoms with Gasteiger partial charge in [-0.15, -0.1) is 0 Å². The number of carbonyl (C=O) groups excluding carboxylic acids is 1. The van der Waals surface area contributed by atoms with Gasteiger partial charge >= 0.3 is 0 Å². The zero-order chi connectivity index (χ0) is 28.5. The number of rotatable bonds is 9. The average Bonchev–Trinajstić information content (AvgIpc) is 3.00. The number of nitrogens with zero attached hydrogens (tertiary/aromatic N) is 1.